The molecule has 0 saturated heterocycles. The first kappa shape index (κ1) is 73.9. The summed E-state index contributed by atoms with van der Waals surface area (Å²) < 4.78 is 33.1. The smallest absolute Gasteiger partial charge is 0.462 e. The van der Waals surface area contributed by atoms with Gasteiger partial charge in [-0.1, -0.05) is 272 Å². The van der Waals surface area contributed by atoms with Crippen LogP contribution in [0.1, 0.15) is 284 Å². The molecule has 0 aliphatic heterocycles. The fourth-order valence-electron chi connectivity index (χ4n) is 8.79. The maximum Gasteiger partial charge on any atom is 0.472 e. The highest BCUT2D eigenvalue weighted by Crippen LogP contribution is 2.43. The molecule has 0 aliphatic rings. The molecular weight excluding hydrogens is 978 g/mol. The third-order valence-corrected chi connectivity index (χ3v) is 14.4. The summed E-state index contributed by atoms with van der Waals surface area (Å²) in [7, 11) is -4.39. The van der Waals surface area contributed by atoms with E-state index in [2.05, 4.69) is 111 Å². The van der Waals surface area contributed by atoms with Crippen LogP contribution in [0.2, 0.25) is 0 Å². The summed E-state index contributed by atoms with van der Waals surface area (Å²) in [5, 5.41) is 0. The van der Waals surface area contributed by atoms with Crippen LogP contribution in [0.5, 0.6) is 0 Å². The van der Waals surface area contributed by atoms with E-state index in [0.29, 0.717) is 6.42 Å². The fourth-order valence-corrected chi connectivity index (χ4v) is 9.55. The van der Waals surface area contributed by atoms with E-state index >= 15 is 0 Å². The molecular formula is C67H118NO8P. The predicted molar refractivity (Wildman–Crippen MR) is 330 cm³/mol. The number of unbranched alkanes of at least 4 members (excludes halogenated alkanes) is 30. The Hall–Kier alpha value is -3.07. The Morgan fingerprint density at radius 3 is 1.08 bits per heavy atom. The summed E-state index contributed by atoms with van der Waals surface area (Å²) in [6.45, 7) is 3.65. The molecule has 2 unspecified atom stereocenters. The Bertz CT molecular complexity index is 1580. The Balaban J connectivity index is 3.93. The molecule has 0 aromatic heterocycles. The van der Waals surface area contributed by atoms with E-state index < -0.39 is 26.5 Å². The first-order valence-electron chi connectivity index (χ1n) is 31.7. The highest BCUT2D eigenvalue weighted by Gasteiger charge is 2.26. The number of carbonyl (C=O) groups is 2. The SMILES string of the molecule is CC/C=C\C/C=C\C/C=C\C/C=C\C/C=C\C/C=C\C/C=C\CCCCCCCCCCCCCCCC(=O)OC(COC(=O)CCCCCCCCCCC/C=C\CCCCCCCCCC)COP(=O)(O)OCCN. The number of ether oxygens (including phenoxy) is 2. The maximum atomic E-state index is 12.7. The van der Waals surface area contributed by atoms with Crippen LogP contribution in [0.4, 0.5) is 0 Å². The summed E-state index contributed by atoms with van der Waals surface area (Å²) in [6, 6.07) is 0. The van der Waals surface area contributed by atoms with Crippen molar-refractivity contribution in [2.45, 2.75) is 290 Å². The van der Waals surface area contributed by atoms with Gasteiger partial charge in [0.05, 0.1) is 13.2 Å². The molecule has 0 bridgehead atoms. The minimum atomic E-state index is -4.39. The van der Waals surface area contributed by atoms with Crippen molar-refractivity contribution in [3.8, 4) is 0 Å². The molecule has 0 aromatic carbocycles. The summed E-state index contributed by atoms with van der Waals surface area (Å²) >= 11 is 0. The quantitative estimate of drug-likeness (QED) is 0.0264. The van der Waals surface area contributed by atoms with Crippen LogP contribution in [0.25, 0.3) is 0 Å². The lowest BCUT2D eigenvalue weighted by atomic mass is 10.0. The standard InChI is InChI=1S/C67H118NO8P/c1-3-5-7-9-11-13-15-17-19-21-23-25-26-27-28-29-30-31-32-33-34-35-36-37-38-40-42-44-46-48-50-52-54-56-58-60-67(70)76-65(64-75-77(71,72)74-62-61-68)63-73-66(69)59-57-55-53-51-49-47-45-43-41-39-24-22-20-18-16-14-12-10-8-6-4-2/h5,7,11,13,17,19,22-25,27-28,30-31,33-34,65H,3-4,6,8-10,12,14-16,18,20-21,26,29,32,35-64,68H2,1-2H3,(H,71,72)/b7-5-,13-11-,19-17-,24-22-,25-23-,28-27-,31-30-,34-33-. The van der Waals surface area contributed by atoms with Crippen LogP contribution in [-0.4, -0.2) is 49.3 Å². The second kappa shape index (κ2) is 62.1. The molecule has 9 nitrogen and oxygen atoms in total. The van der Waals surface area contributed by atoms with Crippen LogP contribution in [-0.2, 0) is 32.7 Å². The highest BCUT2D eigenvalue weighted by molar-refractivity contribution is 7.47. The molecule has 0 saturated carbocycles. The summed E-state index contributed by atoms with van der Waals surface area (Å²) in [6.07, 6.45) is 83.3. The van der Waals surface area contributed by atoms with Crippen molar-refractivity contribution in [2.75, 3.05) is 26.4 Å². The molecule has 0 rings (SSSR count). The van der Waals surface area contributed by atoms with Gasteiger partial charge in [-0.25, -0.2) is 4.57 Å². The van der Waals surface area contributed by atoms with Crippen LogP contribution in [0.15, 0.2) is 97.2 Å². The number of rotatable bonds is 59. The van der Waals surface area contributed by atoms with E-state index in [1.807, 2.05) is 0 Å². The number of phosphoric ester groups is 1. The van der Waals surface area contributed by atoms with Crippen molar-refractivity contribution in [1.82, 2.24) is 0 Å². The lowest BCUT2D eigenvalue weighted by Crippen LogP contribution is -2.29. The average Bonchev–Trinajstić information content (AvgIpc) is 3.42. The van der Waals surface area contributed by atoms with E-state index in [0.717, 1.165) is 83.5 Å². The lowest BCUT2D eigenvalue weighted by molar-refractivity contribution is -0.161. The molecule has 0 spiro atoms. The van der Waals surface area contributed by atoms with Gasteiger partial charge in [-0.2, -0.15) is 0 Å². The zero-order valence-corrected chi connectivity index (χ0v) is 50.6. The highest BCUT2D eigenvalue weighted by atomic mass is 31.2. The van der Waals surface area contributed by atoms with Gasteiger partial charge in [0.15, 0.2) is 6.10 Å². The van der Waals surface area contributed by atoms with Crippen molar-refractivity contribution in [3.63, 3.8) is 0 Å². The van der Waals surface area contributed by atoms with Gasteiger partial charge < -0.3 is 20.1 Å². The van der Waals surface area contributed by atoms with Gasteiger partial charge >= 0.3 is 19.8 Å². The van der Waals surface area contributed by atoms with Gasteiger partial charge in [-0.15, -0.1) is 0 Å². The topological polar surface area (TPSA) is 134 Å². The Morgan fingerprint density at radius 1 is 0.403 bits per heavy atom. The zero-order chi connectivity index (χ0) is 55.9. The molecule has 0 radical (unpaired) electrons. The molecule has 0 aliphatic carbocycles. The molecule has 10 heteroatoms. The largest absolute Gasteiger partial charge is 0.472 e. The lowest BCUT2D eigenvalue weighted by Gasteiger charge is -2.19. The maximum absolute atomic E-state index is 12.7. The average molecular weight is 1100 g/mol. The molecule has 0 heterocycles. The second-order valence-electron chi connectivity index (χ2n) is 20.9. The number of hydrogen-bond acceptors (Lipinski definition) is 8. The van der Waals surface area contributed by atoms with Crippen LogP contribution >= 0.6 is 7.82 Å². The zero-order valence-electron chi connectivity index (χ0n) is 49.7. The van der Waals surface area contributed by atoms with Gasteiger partial charge in [0.25, 0.3) is 0 Å². The van der Waals surface area contributed by atoms with Crippen LogP contribution in [0, 0.1) is 0 Å². The van der Waals surface area contributed by atoms with Crippen molar-refractivity contribution in [1.29, 1.82) is 0 Å². The van der Waals surface area contributed by atoms with E-state index in [1.165, 1.54) is 167 Å². The number of hydrogen-bond donors (Lipinski definition) is 2. The van der Waals surface area contributed by atoms with Crippen molar-refractivity contribution in [3.05, 3.63) is 97.2 Å². The Kier molecular flexibility index (Phi) is 59.7. The molecule has 2 atom stereocenters. The Morgan fingerprint density at radius 2 is 0.714 bits per heavy atom. The third kappa shape index (κ3) is 62.0. The van der Waals surface area contributed by atoms with Crippen molar-refractivity contribution in [2.24, 2.45) is 5.73 Å². The number of allylic oxidation sites excluding steroid dienone is 16. The molecule has 77 heavy (non-hydrogen) atoms. The minimum absolute atomic E-state index is 0.0503. The third-order valence-electron chi connectivity index (χ3n) is 13.5. The number of phosphoric acid groups is 1. The predicted octanol–water partition coefficient (Wildman–Crippen LogP) is 20.4. The fraction of sp³-hybridized carbons (Fsp3) is 0.731. The first-order valence-corrected chi connectivity index (χ1v) is 33.2. The first-order chi connectivity index (χ1) is 37.8. The van der Waals surface area contributed by atoms with Gasteiger partial charge in [-0.3, -0.25) is 18.6 Å². The van der Waals surface area contributed by atoms with Crippen LogP contribution < -0.4 is 5.73 Å². The van der Waals surface area contributed by atoms with E-state index in [1.54, 1.807) is 0 Å². The van der Waals surface area contributed by atoms with E-state index in [-0.39, 0.29) is 38.6 Å². The summed E-state index contributed by atoms with van der Waals surface area (Å²) in [5.74, 6) is -0.827. The molecule has 0 aromatic rings. The number of carbonyl (C=O) groups excluding carboxylic acids is 2. The monoisotopic (exact) mass is 1100 g/mol. The normalized spacial score (nSPS) is 13.7. The number of nitrogens with two attached hydrogens (primary N) is 1. The van der Waals surface area contributed by atoms with Gasteiger partial charge in [0, 0.05) is 19.4 Å². The van der Waals surface area contributed by atoms with Gasteiger partial charge in [-0.05, 0) is 96.3 Å². The molecule has 0 amide bonds. The minimum Gasteiger partial charge on any atom is -0.462 e. The van der Waals surface area contributed by atoms with Gasteiger partial charge in [0.2, 0.25) is 0 Å². The number of esters is 2. The summed E-state index contributed by atoms with van der Waals surface area (Å²) in [4.78, 5) is 35.3. The van der Waals surface area contributed by atoms with E-state index in [4.69, 9.17) is 24.3 Å². The molecule has 0 fully saturated rings. The Labute approximate surface area is 474 Å². The second-order valence-corrected chi connectivity index (χ2v) is 22.3. The van der Waals surface area contributed by atoms with Gasteiger partial charge in [0.1, 0.15) is 6.61 Å². The van der Waals surface area contributed by atoms with Crippen LogP contribution in [0.3, 0.4) is 0 Å². The van der Waals surface area contributed by atoms with Crippen molar-refractivity contribution >= 4 is 19.8 Å². The van der Waals surface area contributed by atoms with Crippen molar-refractivity contribution < 1.29 is 37.6 Å². The van der Waals surface area contributed by atoms with E-state index in [9.17, 15) is 19.0 Å². The summed E-state index contributed by atoms with van der Waals surface area (Å²) in [5.41, 5.74) is 5.39. The molecule has 3 N–H and O–H groups in total. The molecule has 444 valence electrons.